The third kappa shape index (κ3) is 6.04. The average molecular weight is 609 g/mol. The third-order valence-corrected chi connectivity index (χ3v) is 8.29. The van der Waals surface area contributed by atoms with Gasteiger partial charge in [-0.15, -0.1) is 5.10 Å². The molecule has 1 aliphatic carbocycles. The van der Waals surface area contributed by atoms with Crippen LogP contribution in [0.4, 0.5) is 13.2 Å². The van der Waals surface area contributed by atoms with Gasteiger partial charge in [0, 0.05) is 19.7 Å². The van der Waals surface area contributed by atoms with Gasteiger partial charge in [0.2, 0.25) is 0 Å². The first-order valence-electron chi connectivity index (χ1n) is 14.1. The number of carbonyl (C=O) groups is 1. The number of methoxy groups -OCH3 is 1. The van der Waals surface area contributed by atoms with E-state index in [4.69, 9.17) is 9.47 Å². The fourth-order valence-corrected chi connectivity index (χ4v) is 6.08. The van der Waals surface area contributed by atoms with Crippen LogP contribution in [-0.4, -0.2) is 101 Å². The molecule has 43 heavy (non-hydrogen) atoms. The van der Waals surface area contributed by atoms with Crippen LogP contribution < -0.4 is 0 Å². The summed E-state index contributed by atoms with van der Waals surface area (Å²) in [6, 6.07) is 1.69. The van der Waals surface area contributed by atoms with Crippen LogP contribution in [0.3, 0.4) is 0 Å². The highest BCUT2D eigenvalue weighted by atomic mass is 19.2. The van der Waals surface area contributed by atoms with Crippen LogP contribution in [0.5, 0.6) is 0 Å². The van der Waals surface area contributed by atoms with Crippen LogP contribution in [-0.2, 0) is 27.9 Å². The molecule has 1 aromatic carbocycles. The number of nitrogens with zero attached hydrogens (tertiary/aromatic N) is 6. The molecule has 234 valence electrons. The molecular formula is C28H35F3N6O6. The van der Waals surface area contributed by atoms with Crippen LogP contribution >= 0.6 is 0 Å². The molecule has 1 saturated heterocycles. The van der Waals surface area contributed by atoms with Gasteiger partial charge in [-0.05, 0) is 38.0 Å². The van der Waals surface area contributed by atoms with E-state index in [1.54, 1.807) is 11.7 Å². The normalized spacial score (nSPS) is 27.8. The molecule has 3 aromatic rings. The Morgan fingerprint density at radius 2 is 1.86 bits per heavy atom. The zero-order valence-corrected chi connectivity index (χ0v) is 24.0. The number of hydrogen-bond donors (Lipinski definition) is 3. The lowest BCUT2D eigenvalue weighted by Crippen LogP contribution is -2.62. The number of amides is 1. The van der Waals surface area contributed by atoms with Gasteiger partial charge in [-0.25, -0.2) is 17.9 Å². The maximum absolute atomic E-state index is 14.4. The number of rotatable bonds is 8. The number of hydrogen-bond acceptors (Lipinski definition) is 9. The summed E-state index contributed by atoms with van der Waals surface area (Å²) in [5.41, 5.74) is 1.34. The van der Waals surface area contributed by atoms with Crippen molar-refractivity contribution in [3.8, 4) is 11.3 Å². The minimum absolute atomic E-state index is 0.0340. The van der Waals surface area contributed by atoms with Crippen molar-refractivity contribution in [1.82, 2.24) is 29.7 Å². The van der Waals surface area contributed by atoms with Crippen LogP contribution in [0.1, 0.15) is 43.1 Å². The zero-order chi connectivity index (χ0) is 31.0. The molecule has 3 heterocycles. The lowest BCUT2D eigenvalue weighted by Gasteiger charge is -2.46. The Balaban J connectivity index is 1.50. The van der Waals surface area contributed by atoms with Crippen molar-refractivity contribution in [2.45, 2.75) is 81.8 Å². The third-order valence-electron chi connectivity index (χ3n) is 8.29. The van der Waals surface area contributed by atoms with Gasteiger partial charge in [0.25, 0.3) is 5.91 Å². The lowest BCUT2D eigenvalue weighted by atomic mass is 9.88. The number of halogens is 3. The first-order valence-corrected chi connectivity index (χ1v) is 14.1. The predicted molar refractivity (Wildman–Crippen MR) is 144 cm³/mol. The van der Waals surface area contributed by atoms with E-state index < -0.39 is 72.6 Å². The maximum atomic E-state index is 14.4. The molecule has 2 fully saturated rings. The molecule has 2 aromatic heterocycles. The second-order valence-electron chi connectivity index (χ2n) is 11.1. The van der Waals surface area contributed by atoms with Crippen LogP contribution in [0.15, 0.2) is 24.4 Å². The Hall–Kier alpha value is -3.37. The standard InChI is InChI=1S/C28H35F3N6O6/c1-14-8-16(35(2)33-14)11-36(20-6-4-5-7-21(20)39)28(41)27-26(42-3)24(25(40)22(13-38)43-27)37-12-19(32-34-37)15-9-17(29)23(31)18(30)10-15/h8-10,12,20-22,24-27,38-40H,4-7,11,13H2,1-3H3/t20-,21-,22?,24?,25?,26?,27?/m0/s1. The number of aliphatic hydroxyl groups excluding tert-OH is 3. The molecule has 1 aliphatic heterocycles. The fraction of sp³-hybridized carbons (Fsp3) is 0.571. The van der Waals surface area contributed by atoms with Crippen LogP contribution in [0.2, 0.25) is 0 Å². The van der Waals surface area contributed by atoms with E-state index in [0.29, 0.717) is 12.8 Å². The van der Waals surface area contributed by atoms with Gasteiger partial charge in [-0.3, -0.25) is 9.48 Å². The number of ether oxygens (including phenoxy) is 2. The van der Waals surface area contributed by atoms with Crippen molar-refractivity contribution < 1.29 is 42.8 Å². The highest BCUT2D eigenvalue weighted by Gasteiger charge is 2.51. The summed E-state index contributed by atoms with van der Waals surface area (Å²) in [6.07, 6.45) is -2.00. The van der Waals surface area contributed by atoms with E-state index in [2.05, 4.69) is 15.4 Å². The van der Waals surface area contributed by atoms with Gasteiger partial charge < -0.3 is 29.7 Å². The Morgan fingerprint density at radius 3 is 2.47 bits per heavy atom. The lowest BCUT2D eigenvalue weighted by molar-refractivity contribution is -0.219. The van der Waals surface area contributed by atoms with Crippen LogP contribution in [0.25, 0.3) is 11.3 Å². The summed E-state index contributed by atoms with van der Waals surface area (Å²) in [6.45, 7) is 1.29. The van der Waals surface area contributed by atoms with E-state index in [1.165, 1.54) is 22.9 Å². The summed E-state index contributed by atoms with van der Waals surface area (Å²) in [4.78, 5) is 15.9. The molecule has 0 radical (unpaired) electrons. The molecule has 1 amide bonds. The highest BCUT2D eigenvalue weighted by Crippen LogP contribution is 2.35. The largest absolute Gasteiger partial charge is 0.394 e. The van der Waals surface area contributed by atoms with Crippen molar-refractivity contribution in [2.75, 3.05) is 13.7 Å². The summed E-state index contributed by atoms with van der Waals surface area (Å²) in [7, 11) is 3.08. The highest BCUT2D eigenvalue weighted by molar-refractivity contribution is 5.82. The van der Waals surface area contributed by atoms with Gasteiger partial charge in [0.1, 0.15) is 30.0 Å². The summed E-state index contributed by atoms with van der Waals surface area (Å²) < 4.78 is 55.8. The Labute approximate surface area is 245 Å². The van der Waals surface area contributed by atoms with Crippen molar-refractivity contribution >= 4 is 5.91 Å². The number of aromatic nitrogens is 5. The molecule has 5 unspecified atom stereocenters. The maximum Gasteiger partial charge on any atom is 0.255 e. The fourth-order valence-electron chi connectivity index (χ4n) is 6.08. The van der Waals surface area contributed by atoms with Crippen LogP contribution in [0, 0.1) is 24.4 Å². The molecule has 7 atom stereocenters. The number of carbonyl (C=O) groups excluding carboxylic acids is 1. The molecule has 5 rings (SSSR count). The molecule has 3 N–H and O–H groups in total. The molecule has 0 bridgehead atoms. The van der Waals surface area contributed by atoms with E-state index in [9.17, 15) is 33.3 Å². The molecule has 0 spiro atoms. The number of aryl methyl sites for hydroxylation is 2. The van der Waals surface area contributed by atoms with E-state index >= 15 is 0 Å². The van der Waals surface area contributed by atoms with E-state index in [0.717, 1.165) is 36.4 Å². The van der Waals surface area contributed by atoms with E-state index in [1.807, 2.05) is 13.0 Å². The van der Waals surface area contributed by atoms with Crippen molar-refractivity contribution in [1.29, 1.82) is 0 Å². The smallest absolute Gasteiger partial charge is 0.255 e. The topological polar surface area (TPSA) is 148 Å². The quantitative estimate of drug-likeness (QED) is 0.323. The zero-order valence-electron chi connectivity index (χ0n) is 24.0. The molecule has 1 saturated carbocycles. The van der Waals surface area contributed by atoms with Gasteiger partial charge in [0.05, 0.1) is 42.9 Å². The first-order chi connectivity index (χ1) is 20.5. The van der Waals surface area contributed by atoms with Crippen molar-refractivity contribution in [3.05, 3.63) is 53.2 Å². The van der Waals surface area contributed by atoms with Gasteiger partial charge in [0.15, 0.2) is 23.6 Å². The van der Waals surface area contributed by atoms with Gasteiger partial charge in [-0.2, -0.15) is 5.10 Å². The van der Waals surface area contributed by atoms with Gasteiger partial charge >= 0.3 is 0 Å². The SMILES string of the molecule is COC1C(C(=O)N(Cc2cc(C)nn2C)[C@H]2CCCC[C@@H]2O)OC(CO)C(O)C1n1cc(-c2cc(F)c(F)c(F)c2)nn1. The second kappa shape index (κ2) is 12.7. The average Bonchev–Trinajstić information content (AvgIpc) is 3.59. The molecule has 2 aliphatic rings. The number of aliphatic hydroxyl groups is 3. The summed E-state index contributed by atoms with van der Waals surface area (Å²) in [5.74, 6) is -4.98. The minimum Gasteiger partial charge on any atom is -0.394 e. The Morgan fingerprint density at radius 1 is 1.16 bits per heavy atom. The van der Waals surface area contributed by atoms with Gasteiger partial charge in [-0.1, -0.05) is 18.1 Å². The monoisotopic (exact) mass is 608 g/mol. The number of benzene rings is 1. The molecule has 12 nitrogen and oxygen atoms in total. The summed E-state index contributed by atoms with van der Waals surface area (Å²) >= 11 is 0. The van der Waals surface area contributed by atoms with Crippen molar-refractivity contribution in [3.63, 3.8) is 0 Å². The predicted octanol–water partition coefficient (Wildman–Crippen LogP) is 1.41. The van der Waals surface area contributed by atoms with Crippen molar-refractivity contribution in [2.24, 2.45) is 7.05 Å². The first kappa shape index (κ1) is 31.1. The molecular weight excluding hydrogens is 573 g/mol. The minimum atomic E-state index is -1.63. The molecule has 15 heteroatoms. The van der Waals surface area contributed by atoms with E-state index in [-0.39, 0.29) is 17.8 Å². The second-order valence-corrected chi connectivity index (χ2v) is 11.1. The Kier molecular flexibility index (Phi) is 9.18. The Bertz CT molecular complexity index is 1430. The summed E-state index contributed by atoms with van der Waals surface area (Å²) in [5, 5.41) is 44.5.